The second-order valence-corrected chi connectivity index (χ2v) is 5.11. The van der Waals surface area contributed by atoms with Crippen molar-refractivity contribution >= 4 is 21.9 Å². The molecule has 18 heavy (non-hydrogen) atoms. The number of methoxy groups -OCH3 is 1. The molecule has 100 valence electrons. The maximum Gasteiger partial charge on any atom is 0.240 e. The molecule has 0 spiro atoms. The van der Waals surface area contributed by atoms with Crippen LogP contribution in [0.25, 0.3) is 0 Å². The van der Waals surface area contributed by atoms with Crippen LogP contribution >= 0.6 is 15.9 Å². The van der Waals surface area contributed by atoms with Crippen LogP contribution in [0.2, 0.25) is 0 Å². The standard InChI is InChI=1S/C11H17BrN4O2/c1-17-7-3-2-4-8(5-7)18-10-9(12)6-14-11(15-10)16-13/h6-8H,2-5,13H2,1H3,(H,14,15,16). The first kappa shape index (κ1) is 13.5. The van der Waals surface area contributed by atoms with Gasteiger partial charge in [0.05, 0.1) is 16.8 Å². The summed E-state index contributed by atoms with van der Waals surface area (Å²) in [6, 6.07) is 0. The van der Waals surface area contributed by atoms with E-state index in [-0.39, 0.29) is 12.2 Å². The lowest BCUT2D eigenvalue weighted by Gasteiger charge is -2.28. The SMILES string of the molecule is COC1CCCC(Oc2nc(NN)ncc2Br)C1. The summed E-state index contributed by atoms with van der Waals surface area (Å²) < 4.78 is 12.0. The molecular formula is C11H17BrN4O2. The monoisotopic (exact) mass is 316 g/mol. The molecule has 6 nitrogen and oxygen atoms in total. The van der Waals surface area contributed by atoms with E-state index in [1.807, 2.05) is 0 Å². The average Bonchev–Trinajstić information content (AvgIpc) is 2.41. The molecule has 2 unspecified atom stereocenters. The quantitative estimate of drug-likeness (QED) is 0.651. The number of nitrogens with two attached hydrogens (primary N) is 1. The van der Waals surface area contributed by atoms with Crippen LogP contribution in [0.1, 0.15) is 25.7 Å². The molecule has 3 N–H and O–H groups in total. The Morgan fingerprint density at radius 2 is 2.22 bits per heavy atom. The molecule has 1 aliphatic carbocycles. The van der Waals surface area contributed by atoms with E-state index < -0.39 is 0 Å². The number of nitrogen functional groups attached to an aromatic ring is 1. The molecule has 1 aliphatic rings. The first-order valence-electron chi connectivity index (χ1n) is 5.91. The molecule has 7 heteroatoms. The molecule has 1 heterocycles. The van der Waals surface area contributed by atoms with Crippen molar-refractivity contribution in [3.8, 4) is 5.88 Å². The molecule has 0 aliphatic heterocycles. The number of halogens is 1. The summed E-state index contributed by atoms with van der Waals surface area (Å²) in [5.41, 5.74) is 2.40. The molecule has 2 atom stereocenters. The van der Waals surface area contributed by atoms with E-state index in [1.54, 1.807) is 13.3 Å². The number of hydrazine groups is 1. The Labute approximate surface area is 114 Å². The van der Waals surface area contributed by atoms with Crippen LogP contribution in [0.5, 0.6) is 5.88 Å². The van der Waals surface area contributed by atoms with Crippen LogP contribution < -0.4 is 16.0 Å². The van der Waals surface area contributed by atoms with E-state index in [0.29, 0.717) is 11.8 Å². The Hall–Kier alpha value is -0.920. The summed E-state index contributed by atoms with van der Waals surface area (Å²) >= 11 is 3.37. The van der Waals surface area contributed by atoms with E-state index in [1.165, 1.54) is 0 Å². The van der Waals surface area contributed by atoms with Gasteiger partial charge in [0, 0.05) is 13.5 Å². The molecule has 0 bridgehead atoms. The summed E-state index contributed by atoms with van der Waals surface area (Å²) in [5, 5.41) is 0. The van der Waals surface area contributed by atoms with Crippen molar-refractivity contribution in [2.45, 2.75) is 37.9 Å². The fraction of sp³-hybridized carbons (Fsp3) is 0.636. The molecule has 1 aromatic heterocycles. The first-order valence-corrected chi connectivity index (χ1v) is 6.71. The van der Waals surface area contributed by atoms with E-state index >= 15 is 0 Å². The minimum atomic E-state index is 0.125. The van der Waals surface area contributed by atoms with Gasteiger partial charge in [0.15, 0.2) is 0 Å². The molecule has 0 saturated heterocycles. The molecular weight excluding hydrogens is 300 g/mol. The van der Waals surface area contributed by atoms with Gasteiger partial charge in [-0.25, -0.2) is 10.8 Å². The van der Waals surface area contributed by atoms with Crippen LogP contribution in [0.4, 0.5) is 5.95 Å². The third kappa shape index (κ3) is 3.30. The molecule has 0 amide bonds. The van der Waals surface area contributed by atoms with Gasteiger partial charge >= 0.3 is 0 Å². The average molecular weight is 317 g/mol. The number of ether oxygens (including phenoxy) is 2. The number of hydrogen-bond donors (Lipinski definition) is 2. The van der Waals surface area contributed by atoms with Gasteiger partial charge in [-0.1, -0.05) is 0 Å². The highest BCUT2D eigenvalue weighted by molar-refractivity contribution is 9.10. The zero-order valence-corrected chi connectivity index (χ0v) is 11.8. The van der Waals surface area contributed by atoms with Crippen LogP contribution in [-0.2, 0) is 4.74 Å². The predicted molar refractivity (Wildman–Crippen MR) is 71.2 cm³/mol. The normalized spacial score (nSPS) is 23.7. The van der Waals surface area contributed by atoms with Crippen LogP contribution in [-0.4, -0.2) is 29.3 Å². The van der Waals surface area contributed by atoms with Gasteiger partial charge in [0.1, 0.15) is 6.10 Å². The van der Waals surface area contributed by atoms with Crippen LogP contribution in [0.15, 0.2) is 10.7 Å². The number of aromatic nitrogens is 2. The first-order chi connectivity index (χ1) is 8.72. The van der Waals surface area contributed by atoms with Gasteiger partial charge in [0.25, 0.3) is 0 Å². The number of nitrogens with one attached hydrogen (secondary N) is 1. The van der Waals surface area contributed by atoms with E-state index in [9.17, 15) is 0 Å². The Kier molecular flexibility index (Phi) is 4.73. The van der Waals surface area contributed by atoms with Crippen molar-refractivity contribution in [3.63, 3.8) is 0 Å². The molecule has 1 aromatic rings. The third-order valence-corrected chi connectivity index (χ3v) is 3.57. The molecule has 1 saturated carbocycles. The summed E-state index contributed by atoms with van der Waals surface area (Å²) in [5.74, 6) is 6.13. The fourth-order valence-electron chi connectivity index (χ4n) is 2.08. The van der Waals surface area contributed by atoms with Crippen LogP contribution in [0.3, 0.4) is 0 Å². The lowest BCUT2D eigenvalue weighted by atomic mass is 9.95. The largest absolute Gasteiger partial charge is 0.473 e. The molecule has 0 radical (unpaired) electrons. The zero-order valence-electron chi connectivity index (χ0n) is 10.2. The van der Waals surface area contributed by atoms with Crippen molar-refractivity contribution in [1.29, 1.82) is 0 Å². The topological polar surface area (TPSA) is 82.3 Å². The van der Waals surface area contributed by atoms with Gasteiger partial charge in [-0.15, -0.1) is 0 Å². The van der Waals surface area contributed by atoms with E-state index in [0.717, 1.165) is 30.2 Å². The Morgan fingerprint density at radius 1 is 1.44 bits per heavy atom. The van der Waals surface area contributed by atoms with Gasteiger partial charge in [-0.3, -0.25) is 5.43 Å². The van der Waals surface area contributed by atoms with Crippen molar-refractivity contribution in [1.82, 2.24) is 9.97 Å². The summed E-state index contributed by atoms with van der Waals surface area (Å²) in [7, 11) is 1.74. The predicted octanol–water partition coefficient (Wildman–Crippen LogP) is 1.86. The number of hydrogen-bond acceptors (Lipinski definition) is 6. The zero-order chi connectivity index (χ0) is 13.0. The highest BCUT2D eigenvalue weighted by Gasteiger charge is 2.24. The van der Waals surface area contributed by atoms with Crippen molar-refractivity contribution in [2.75, 3.05) is 12.5 Å². The van der Waals surface area contributed by atoms with Crippen molar-refractivity contribution in [2.24, 2.45) is 5.84 Å². The number of rotatable bonds is 4. The van der Waals surface area contributed by atoms with Crippen molar-refractivity contribution in [3.05, 3.63) is 10.7 Å². The Bertz CT molecular complexity index is 405. The highest BCUT2D eigenvalue weighted by Crippen LogP contribution is 2.28. The van der Waals surface area contributed by atoms with Gasteiger partial charge in [0.2, 0.25) is 11.8 Å². The lowest BCUT2D eigenvalue weighted by Crippen LogP contribution is -2.30. The minimum Gasteiger partial charge on any atom is -0.473 e. The Balaban J connectivity index is 2.04. The smallest absolute Gasteiger partial charge is 0.240 e. The van der Waals surface area contributed by atoms with Crippen LogP contribution in [0, 0.1) is 0 Å². The highest BCUT2D eigenvalue weighted by atomic mass is 79.9. The van der Waals surface area contributed by atoms with E-state index in [4.69, 9.17) is 15.3 Å². The second-order valence-electron chi connectivity index (χ2n) is 4.26. The number of anilines is 1. The second kappa shape index (κ2) is 6.31. The molecule has 1 fully saturated rings. The number of nitrogens with zero attached hydrogens (tertiary/aromatic N) is 2. The lowest BCUT2D eigenvalue weighted by molar-refractivity contribution is 0.0192. The summed E-state index contributed by atoms with van der Waals surface area (Å²) in [4.78, 5) is 8.16. The summed E-state index contributed by atoms with van der Waals surface area (Å²) in [6.45, 7) is 0. The molecule has 2 rings (SSSR count). The van der Waals surface area contributed by atoms with Gasteiger partial charge in [-0.2, -0.15) is 4.98 Å². The summed E-state index contributed by atoms with van der Waals surface area (Å²) in [6.07, 6.45) is 6.12. The Morgan fingerprint density at radius 3 is 2.94 bits per heavy atom. The maximum absolute atomic E-state index is 5.89. The van der Waals surface area contributed by atoms with Gasteiger partial charge in [-0.05, 0) is 35.2 Å². The van der Waals surface area contributed by atoms with Crippen molar-refractivity contribution < 1.29 is 9.47 Å². The third-order valence-electron chi connectivity index (χ3n) is 3.03. The van der Waals surface area contributed by atoms with Gasteiger partial charge < -0.3 is 9.47 Å². The maximum atomic E-state index is 5.89. The fourth-order valence-corrected chi connectivity index (χ4v) is 2.37. The molecule has 0 aromatic carbocycles. The van der Waals surface area contributed by atoms with E-state index in [2.05, 4.69) is 31.3 Å². The minimum absolute atomic E-state index is 0.125.